The second-order valence-corrected chi connectivity index (χ2v) is 7.12. The minimum atomic E-state index is -0.808. The van der Waals surface area contributed by atoms with Gasteiger partial charge in [0.2, 0.25) is 5.89 Å². The molecule has 25 heavy (non-hydrogen) atoms. The third kappa shape index (κ3) is 3.28. The summed E-state index contributed by atoms with van der Waals surface area (Å²) in [5, 5.41) is 18.1. The lowest BCUT2D eigenvalue weighted by atomic mass is 9.97. The van der Waals surface area contributed by atoms with Crippen molar-refractivity contribution in [1.29, 1.82) is 0 Å². The van der Waals surface area contributed by atoms with Crippen LogP contribution in [0.5, 0.6) is 0 Å². The van der Waals surface area contributed by atoms with Gasteiger partial charge in [0.15, 0.2) is 5.69 Å². The molecule has 1 fully saturated rings. The molecule has 0 unspecified atom stereocenters. The van der Waals surface area contributed by atoms with E-state index in [0.717, 1.165) is 10.6 Å². The Kier molecular flexibility index (Phi) is 3.81. The summed E-state index contributed by atoms with van der Waals surface area (Å²) < 4.78 is 5.37. The van der Waals surface area contributed by atoms with Crippen LogP contribution in [0.15, 0.2) is 34.5 Å². The summed E-state index contributed by atoms with van der Waals surface area (Å²) in [6.45, 7) is 2.30. The minimum absolute atomic E-state index is 0.236. The van der Waals surface area contributed by atoms with Gasteiger partial charge in [-0.15, -0.1) is 16.4 Å². The Hall–Kier alpha value is -2.65. The van der Waals surface area contributed by atoms with Gasteiger partial charge in [-0.25, -0.2) is 4.98 Å². The number of aliphatic hydroxyl groups is 1. The third-order valence-electron chi connectivity index (χ3n) is 3.86. The first-order valence-corrected chi connectivity index (χ1v) is 8.56. The van der Waals surface area contributed by atoms with Crippen LogP contribution in [-0.4, -0.2) is 54.8 Å². The van der Waals surface area contributed by atoms with Crippen molar-refractivity contribution < 1.29 is 14.3 Å². The zero-order valence-electron chi connectivity index (χ0n) is 13.4. The van der Waals surface area contributed by atoms with E-state index in [1.54, 1.807) is 18.6 Å². The van der Waals surface area contributed by atoms with Gasteiger partial charge in [-0.2, -0.15) is 5.10 Å². The molecule has 1 aliphatic rings. The molecule has 128 valence electrons. The van der Waals surface area contributed by atoms with Gasteiger partial charge < -0.3 is 14.4 Å². The van der Waals surface area contributed by atoms with Crippen LogP contribution >= 0.6 is 11.3 Å². The average molecular weight is 357 g/mol. The zero-order chi connectivity index (χ0) is 17.4. The molecule has 1 amide bonds. The van der Waals surface area contributed by atoms with Crippen LogP contribution in [0.2, 0.25) is 0 Å². The van der Waals surface area contributed by atoms with Crippen LogP contribution < -0.4 is 0 Å². The summed E-state index contributed by atoms with van der Waals surface area (Å²) in [7, 11) is 0. The van der Waals surface area contributed by atoms with Crippen molar-refractivity contribution in [2.75, 3.05) is 13.1 Å². The SMILES string of the molecule is CC1(O)CN(C(=O)c2coc(Cc3ccc(-c4cncs4)nn3)n2)C1. The monoisotopic (exact) mass is 357 g/mol. The number of nitrogens with zero attached hydrogens (tertiary/aromatic N) is 5. The molecule has 0 saturated carbocycles. The van der Waals surface area contributed by atoms with E-state index < -0.39 is 5.60 Å². The normalized spacial score (nSPS) is 15.8. The molecule has 0 aliphatic carbocycles. The maximum atomic E-state index is 12.2. The largest absolute Gasteiger partial charge is 0.448 e. The molecule has 1 N–H and O–H groups in total. The lowest BCUT2D eigenvalue weighted by Gasteiger charge is -2.43. The smallest absolute Gasteiger partial charge is 0.276 e. The standard InChI is InChI=1S/C16H15N5O3S/c1-16(23)7-21(8-16)15(22)12-6-24-14(18-12)4-10-2-3-11(20-19-10)13-5-17-9-25-13/h2-3,5-6,9,23H,4,7-8H2,1H3. The van der Waals surface area contributed by atoms with Crippen LogP contribution in [0.25, 0.3) is 10.6 Å². The number of β-amino-alcohol motifs (C(OH)–C–C–N with tert-alkyl or cyclic N) is 1. The number of likely N-dealkylation sites (tertiary alicyclic amines) is 1. The summed E-state index contributed by atoms with van der Waals surface area (Å²) in [6.07, 6.45) is 3.43. The van der Waals surface area contributed by atoms with Crippen LogP contribution in [-0.2, 0) is 6.42 Å². The van der Waals surface area contributed by atoms with E-state index in [4.69, 9.17) is 4.42 Å². The van der Waals surface area contributed by atoms with Crippen LogP contribution in [0.3, 0.4) is 0 Å². The topological polar surface area (TPSA) is 105 Å². The Bertz CT molecular complexity index is 881. The number of carbonyl (C=O) groups excluding carboxylic acids is 1. The van der Waals surface area contributed by atoms with E-state index in [2.05, 4.69) is 20.2 Å². The fraction of sp³-hybridized carbons (Fsp3) is 0.312. The maximum Gasteiger partial charge on any atom is 0.276 e. The lowest BCUT2D eigenvalue weighted by molar-refractivity contribution is -0.0670. The summed E-state index contributed by atoms with van der Waals surface area (Å²) in [6, 6.07) is 3.72. The number of rotatable bonds is 4. The van der Waals surface area contributed by atoms with Gasteiger partial charge in [0.1, 0.15) is 12.0 Å². The lowest BCUT2D eigenvalue weighted by Crippen LogP contribution is -2.61. The highest BCUT2D eigenvalue weighted by Crippen LogP contribution is 2.23. The molecule has 8 nitrogen and oxygen atoms in total. The highest BCUT2D eigenvalue weighted by molar-refractivity contribution is 7.13. The molecular formula is C16H15N5O3S. The fourth-order valence-corrected chi connectivity index (χ4v) is 3.24. The van der Waals surface area contributed by atoms with Crippen molar-refractivity contribution in [3.63, 3.8) is 0 Å². The molecule has 1 saturated heterocycles. The molecule has 0 radical (unpaired) electrons. The van der Waals surface area contributed by atoms with Crippen molar-refractivity contribution in [1.82, 2.24) is 25.1 Å². The highest BCUT2D eigenvalue weighted by Gasteiger charge is 2.40. The average Bonchev–Trinajstić information content (AvgIpc) is 3.24. The van der Waals surface area contributed by atoms with Gasteiger partial charge in [-0.3, -0.25) is 9.78 Å². The first-order chi connectivity index (χ1) is 12.0. The molecule has 3 aromatic rings. The molecule has 1 aliphatic heterocycles. The number of hydrogen-bond acceptors (Lipinski definition) is 8. The Morgan fingerprint density at radius 2 is 2.24 bits per heavy atom. The fourth-order valence-electron chi connectivity index (χ4n) is 2.65. The minimum Gasteiger partial charge on any atom is -0.448 e. The summed E-state index contributed by atoms with van der Waals surface area (Å²) in [5.41, 5.74) is 2.63. The molecule has 0 bridgehead atoms. The van der Waals surface area contributed by atoms with Gasteiger partial charge >= 0.3 is 0 Å². The molecular weight excluding hydrogens is 342 g/mol. The van der Waals surface area contributed by atoms with Gasteiger partial charge in [-0.05, 0) is 19.1 Å². The molecule has 3 aromatic heterocycles. The van der Waals surface area contributed by atoms with Crippen LogP contribution in [0.4, 0.5) is 0 Å². The van der Waals surface area contributed by atoms with E-state index in [9.17, 15) is 9.90 Å². The second kappa shape index (κ2) is 6.01. The van der Waals surface area contributed by atoms with Crippen molar-refractivity contribution >= 4 is 17.2 Å². The Morgan fingerprint density at radius 1 is 1.40 bits per heavy atom. The molecule has 4 rings (SSSR count). The maximum absolute atomic E-state index is 12.2. The van der Waals surface area contributed by atoms with E-state index in [-0.39, 0.29) is 11.6 Å². The van der Waals surface area contributed by atoms with Crippen LogP contribution in [0.1, 0.15) is 29.0 Å². The highest BCUT2D eigenvalue weighted by atomic mass is 32.1. The van der Waals surface area contributed by atoms with Gasteiger partial charge in [-0.1, -0.05) is 0 Å². The van der Waals surface area contributed by atoms with E-state index in [1.165, 1.54) is 22.5 Å². The third-order valence-corrected chi connectivity index (χ3v) is 4.65. The number of aromatic nitrogens is 4. The number of oxazole rings is 1. The summed E-state index contributed by atoms with van der Waals surface area (Å²) in [4.78, 5) is 22.9. The predicted molar refractivity (Wildman–Crippen MR) is 89.0 cm³/mol. The first kappa shape index (κ1) is 15.9. The van der Waals surface area contributed by atoms with E-state index >= 15 is 0 Å². The van der Waals surface area contributed by atoms with Crippen molar-refractivity contribution in [2.24, 2.45) is 0 Å². The molecule has 9 heteroatoms. The zero-order valence-corrected chi connectivity index (χ0v) is 14.2. The van der Waals surface area contributed by atoms with Gasteiger partial charge in [0.05, 0.1) is 41.2 Å². The predicted octanol–water partition coefficient (Wildman–Crippen LogP) is 1.39. The summed E-state index contributed by atoms with van der Waals surface area (Å²) in [5.74, 6) is 0.156. The molecule has 4 heterocycles. The van der Waals surface area contributed by atoms with Crippen LogP contribution in [0, 0.1) is 0 Å². The van der Waals surface area contributed by atoms with Crippen molar-refractivity contribution in [3.05, 3.63) is 47.4 Å². The Balaban J connectivity index is 1.42. The Morgan fingerprint density at radius 3 is 2.88 bits per heavy atom. The second-order valence-electron chi connectivity index (χ2n) is 6.24. The van der Waals surface area contributed by atoms with E-state index in [1.807, 2.05) is 12.1 Å². The number of hydrogen-bond donors (Lipinski definition) is 1. The van der Waals surface area contributed by atoms with Crippen molar-refractivity contribution in [2.45, 2.75) is 18.9 Å². The number of thiazole rings is 1. The number of amides is 1. The quantitative estimate of drug-likeness (QED) is 0.752. The van der Waals surface area contributed by atoms with Gasteiger partial charge in [0, 0.05) is 6.20 Å². The molecule has 0 atom stereocenters. The van der Waals surface area contributed by atoms with Crippen molar-refractivity contribution in [3.8, 4) is 10.6 Å². The molecule has 0 aromatic carbocycles. The Labute approximate surface area is 147 Å². The van der Waals surface area contributed by atoms with Gasteiger partial charge in [0.25, 0.3) is 5.91 Å². The number of carbonyl (C=O) groups is 1. The summed E-state index contributed by atoms with van der Waals surface area (Å²) >= 11 is 1.50. The van der Waals surface area contributed by atoms with E-state index in [0.29, 0.717) is 31.1 Å². The molecule has 0 spiro atoms. The first-order valence-electron chi connectivity index (χ1n) is 7.68.